The van der Waals surface area contributed by atoms with Gasteiger partial charge in [0.2, 0.25) is 0 Å². The first-order valence-electron chi connectivity index (χ1n) is 11.0. The van der Waals surface area contributed by atoms with Crippen molar-refractivity contribution >= 4 is 16.9 Å². The van der Waals surface area contributed by atoms with Gasteiger partial charge >= 0.3 is 0 Å². The standard InChI is InChI=1S/C26H24N6O2/c1-34-22-11-9-19(10-12-22)14-27-25-23-17-32(30-26(23)29-18-28-25)16-21-7-5-20(6-8-21)15-31-13-3-2-4-24(31)33/h2-13,17-18H,14-16H2,1H3,(H,27,28,29,30). The third-order valence-corrected chi connectivity index (χ3v) is 5.60. The zero-order chi connectivity index (χ0) is 23.3. The Bertz CT molecular complexity index is 1460. The molecule has 170 valence electrons. The van der Waals surface area contributed by atoms with Crippen molar-refractivity contribution in [1.29, 1.82) is 0 Å². The average molecular weight is 453 g/mol. The molecule has 0 radical (unpaired) electrons. The van der Waals surface area contributed by atoms with Gasteiger partial charge in [-0.2, -0.15) is 5.10 Å². The summed E-state index contributed by atoms with van der Waals surface area (Å²) < 4.78 is 8.77. The average Bonchev–Trinajstić information content (AvgIpc) is 3.29. The van der Waals surface area contributed by atoms with E-state index in [4.69, 9.17) is 4.74 Å². The molecule has 0 saturated carbocycles. The highest BCUT2D eigenvalue weighted by atomic mass is 16.5. The number of nitrogens with zero attached hydrogens (tertiary/aromatic N) is 5. The molecule has 0 amide bonds. The first kappa shape index (κ1) is 21.4. The molecule has 0 aliphatic rings. The molecule has 0 unspecified atom stereocenters. The number of anilines is 1. The third kappa shape index (κ3) is 4.80. The Kier molecular flexibility index (Phi) is 6.03. The van der Waals surface area contributed by atoms with Gasteiger partial charge in [0.15, 0.2) is 5.65 Å². The van der Waals surface area contributed by atoms with E-state index in [-0.39, 0.29) is 5.56 Å². The molecule has 2 aromatic carbocycles. The highest BCUT2D eigenvalue weighted by Crippen LogP contribution is 2.20. The van der Waals surface area contributed by atoms with Gasteiger partial charge in [0.1, 0.15) is 17.9 Å². The first-order chi connectivity index (χ1) is 16.7. The molecule has 8 nitrogen and oxygen atoms in total. The topological polar surface area (TPSA) is 86.9 Å². The number of pyridine rings is 1. The van der Waals surface area contributed by atoms with E-state index in [1.54, 1.807) is 30.0 Å². The van der Waals surface area contributed by atoms with Gasteiger partial charge in [0.05, 0.1) is 25.6 Å². The van der Waals surface area contributed by atoms with Crippen LogP contribution in [0.1, 0.15) is 16.7 Å². The second kappa shape index (κ2) is 9.58. The highest BCUT2D eigenvalue weighted by molar-refractivity contribution is 5.85. The molecule has 0 aliphatic carbocycles. The van der Waals surface area contributed by atoms with Crippen LogP contribution in [0, 0.1) is 0 Å². The number of rotatable bonds is 8. The number of aromatic nitrogens is 5. The molecule has 0 spiro atoms. The second-order valence-electron chi connectivity index (χ2n) is 7.97. The smallest absolute Gasteiger partial charge is 0.250 e. The van der Waals surface area contributed by atoms with E-state index in [1.807, 2.05) is 53.3 Å². The maximum Gasteiger partial charge on any atom is 0.250 e. The van der Waals surface area contributed by atoms with Crippen molar-refractivity contribution in [2.24, 2.45) is 0 Å². The number of nitrogens with one attached hydrogen (secondary N) is 1. The Balaban J connectivity index is 1.28. The molecule has 34 heavy (non-hydrogen) atoms. The van der Waals surface area contributed by atoms with Crippen molar-refractivity contribution in [3.63, 3.8) is 0 Å². The number of hydrogen-bond acceptors (Lipinski definition) is 6. The Hall–Kier alpha value is -4.46. The highest BCUT2D eigenvalue weighted by Gasteiger charge is 2.09. The van der Waals surface area contributed by atoms with Crippen LogP contribution in [0.25, 0.3) is 11.0 Å². The van der Waals surface area contributed by atoms with Gasteiger partial charge in [0.25, 0.3) is 5.56 Å². The maximum absolute atomic E-state index is 11.9. The predicted molar refractivity (Wildman–Crippen MR) is 131 cm³/mol. The number of methoxy groups -OCH3 is 1. The largest absolute Gasteiger partial charge is 0.497 e. The Morgan fingerprint density at radius 2 is 1.62 bits per heavy atom. The van der Waals surface area contributed by atoms with E-state index < -0.39 is 0 Å². The van der Waals surface area contributed by atoms with Gasteiger partial charge < -0.3 is 14.6 Å². The minimum atomic E-state index is -0.00711. The molecule has 3 aromatic heterocycles. The lowest BCUT2D eigenvalue weighted by molar-refractivity contribution is 0.414. The fourth-order valence-electron chi connectivity index (χ4n) is 3.76. The molecule has 1 N–H and O–H groups in total. The van der Waals surface area contributed by atoms with Crippen LogP contribution in [-0.2, 0) is 19.6 Å². The van der Waals surface area contributed by atoms with Crippen molar-refractivity contribution in [1.82, 2.24) is 24.3 Å². The first-order valence-corrected chi connectivity index (χ1v) is 11.0. The fourth-order valence-corrected chi connectivity index (χ4v) is 3.76. The van der Waals surface area contributed by atoms with E-state index in [0.29, 0.717) is 25.3 Å². The van der Waals surface area contributed by atoms with Crippen LogP contribution in [0.5, 0.6) is 5.75 Å². The molecule has 5 rings (SSSR count). The summed E-state index contributed by atoms with van der Waals surface area (Å²) in [5, 5.41) is 8.86. The minimum absolute atomic E-state index is 0.00711. The SMILES string of the molecule is COc1ccc(CNc2ncnc3nn(Cc4ccc(Cn5ccccc5=O)cc4)cc23)cc1. The van der Waals surface area contributed by atoms with Gasteiger partial charge in [-0.05, 0) is 34.9 Å². The molecule has 5 aromatic rings. The van der Waals surface area contributed by atoms with Crippen LogP contribution in [0.4, 0.5) is 5.82 Å². The maximum atomic E-state index is 11.9. The van der Waals surface area contributed by atoms with Crippen LogP contribution < -0.4 is 15.6 Å². The second-order valence-corrected chi connectivity index (χ2v) is 7.97. The van der Waals surface area contributed by atoms with Crippen molar-refractivity contribution in [2.75, 3.05) is 12.4 Å². The van der Waals surface area contributed by atoms with E-state index in [9.17, 15) is 4.79 Å². The number of benzene rings is 2. The molecule has 8 heteroatoms. The lowest BCUT2D eigenvalue weighted by Gasteiger charge is -2.07. The van der Waals surface area contributed by atoms with Gasteiger partial charge in [0, 0.05) is 25.0 Å². The summed E-state index contributed by atoms with van der Waals surface area (Å²) in [7, 11) is 1.66. The van der Waals surface area contributed by atoms with E-state index >= 15 is 0 Å². The van der Waals surface area contributed by atoms with E-state index in [0.717, 1.165) is 33.6 Å². The lowest BCUT2D eigenvalue weighted by Crippen LogP contribution is -2.18. The van der Waals surface area contributed by atoms with Gasteiger partial charge in [-0.15, -0.1) is 0 Å². The van der Waals surface area contributed by atoms with Crippen LogP contribution in [0.2, 0.25) is 0 Å². The Labute approximate surface area is 196 Å². The molecule has 3 heterocycles. The molecule has 0 fully saturated rings. The zero-order valence-electron chi connectivity index (χ0n) is 18.8. The van der Waals surface area contributed by atoms with Crippen LogP contribution in [-0.4, -0.2) is 31.4 Å². The van der Waals surface area contributed by atoms with Crippen LogP contribution >= 0.6 is 0 Å². The van der Waals surface area contributed by atoms with Gasteiger partial charge in [-0.1, -0.05) is 42.5 Å². The third-order valence-electron chi connectivity index (χ3n) is 5.60. The molecule has 0 aliphatic heterocycles. The quantitative estimate of drug-likeness (QED) is 0.386. The molecule has 0 atom stereocenters. The summed E-state index contributed by atoms with van der Waals surface area (Å²) in [6, 6.07) is 21.3. The lowest BCUT2D eigenvalue weighted by atomic mass is 10.1. The van der Waals surface area contributed by atoms with Crippen molar-refractivity contribution in [2.45, 2.75) is 19.6 Å². The van der Waals surface area contributed by atoms with Gasteiger partial charge in [-0.25, -0.2) is 9.97 Å². The van der Waals surface area contributed by atoms with Gasteiger partial charge in [-0.3, -0.25) is 9.48 Å². The summed E-state index contributed by atoms with van der Waals surface area (Å²) in [4.78, 5) is 20.7. The number of hydrogen-bond donors (Lipinski definition) is 1. The summed E-state index contributed by atoms with van der Waals surface area (Å²) in [6.45, 7) is 1.79. The summed E-state index contributed by atoms with van der Waals surface area (Å²) in [6.07, 6.45) is 5.28. The van der Waals surface area contributed by atoms with Crippen LogP contribution in [0.3, 0.4) is 0 Å². The predicted octanol–water partition coefficient (Wildman–Crippen LogP) is 3.71. The fraction of sp³-hybridized carbons (Fsp3) is 0.154. The summed E-state index contributed by atoms with van der Waals surface area (Å²) in [5.41, 5.74) is 3.94. The number of ether oxygens (including phenoxy) is 1. The molecule has 0 saturated heterocycles. The number of fused-ring (bicyclic) bond motifs is 1. The molecular weight excluding hydrogens is 428 g/mol. The summed E-state index contributed by atoms with van der Waals surface area (Å²) in [5.74, 6) is 1.58. The Morgan fingerprint density at radius 3 is 2.35 bits per heavy atom. The van der Waals surface area contributed by atoms with Crippen molar-refractivity contribution in [3.8, 4) is 5.75 Å². The minimum Gasteiger partial charge on any atom is -0.497 e. The summed E-state index contributed by atoms with van der Waals surface area (Å²) >= 11 is 0. The van der Waals surface area contributed by atoms with Crippen molar-refractivity contribution < 1.29 is 4.74 Å². The van der Waals surface area contributed by atoms with Crippen molar-refractivity contribution in [3.05, 3.63) is 112 Å². The Morgan fingerprint density at radius 1 is 0.882 bits per heavy atom. The molecular formula is C26H24N6O2. The monoisotopic (exact) mass is 452 g/mol. The zero-order valence-corrected chi connectivity index (χ0v) is 18.8. The van der Waals surface area contributed by atoms with Crippen LogP contribution in [0.15, 0.2) is 90.2 Å². The normalized spacial score (nSPS) is 11.0. The molecule has 0 bridgehead atoms. The van der Waals surface area contributed by atoms with E-state index in [1.165, 1.54) is 6.33 Å². The van der Waals surface area contributed by atoms with E-state index in [2.05, 4.69) is 32.5 Å².